The molecular formula is C24H29F3N6O5. The summed E-state index contributed by atoms with van der Waals surface area (Å²) >= 11 is 0. The number of hydrogen-bond donors (Lipinski definition) is 4. The lowest BCUT2D eigenvalue weighted by Gasteiger charge is -2.43. The summed E-state index contributed by atoms with van der Waals surface area (Å²) in [6.45, 7) is 4.78. The Bertz CT molecular complexity index is 1200. The fourth-order valence-corrected chi connectivity index (χ4v) is 5.08. The van der Waals surface area contributed by atoms with E-state index in [0.29, 0.717) is 12.2 Å². The monoisotopic (exact) mass is 538 g/mol. The standard InChI is InChI=1S/C24H29F3N6O5/c1-12(2)33-7-3-4-13-15(33)6-5-14(30-13)21(36)29-10-23-11-37-22(38-23)18(19(34)20(23)35)32-17-9-28-8-16(31-17)24(25,26)27/h5-6,8-9,12,18-20,22,34-35H,3-4,7,10-11H2,1-2H3,(H,29,36)(H,31,32)/t18-,19-,20-,22+,23+/m1/s1. The molecule has 3 aliphatic rings. The van der Waals surface area contributed by atoms with E-state index in [1.54, 1.807) is 6.07 Å². The van der Waals surface area contributed by atoms with Gasteiger partial charge in [-0.1, -0.05) is 0 Å². The van der Waals surface area contributed by atoms with Crippen LogP contribution in [-0.2, 0) is 22.1 Å². The summed E-state index contributed by atoms with van der Waals surface area (Å²) < 4.78 is 50.4. The number of nitrogens with zero attached hydrogens (tertiary/aromatic N) is 4. The highest BCUT2D eigenvalue weighted by atomic mass is 19.4. The molecular weight excluding hydrogens is 509 g/mol. The number of aromatic nitrogens is 3. The predicted octanol–water partition coefficient (Wildman–Crippen LogP) is 1.11. The number of fused-ring (bicyclic) bond motifs is 3. The molecule has 206 valence electrons. The van der Waals surface area contributed by atoms with Gasteiger partial charge in [-0.2, -0.15) is 13.2 Å². The Morgan fingerprint density at radius 3 is 2.79 bits per heavy atom. The van der Waals surface area contributed by atoms with Crippen LogP contribution < -0.4 is 15.5 Å². The van der Waals surface area contributed by atoms with E-state index < -0.39 is 47.9 Å². The third-order valence-electron chi connectivity index (χ3n) is 7.08. The quantitative estimate of drug-likeness (QED) is 0.423. The molecule has 11 nitrogen and oxygen atoms in total. The molecule has 2 bridgehead atoms. The maximum absolute atomic E-state index is 13.0. The Labute approximate surface area is 216 Å². The highest BCUT2D eigenvalue weighted by molar-refractivity contribution is 5.92. The van der Waals surface area contributed by atoms with Crippen molar-refractivity contribution in [3.8, 4) is 0 Å². The summed E-state index contributed by atoms with van der Waals surface area (Å²) in [6.07, 6.45) is -5.54. The molecule has 2 aromatic heterocycles. The van der Waals surface area contributed by atoms with Crippen molar-refractivity contribution < 1.29 is 37.7 Å². The van der Waals surface area contributed by atoms with E-state index in [1.165, 1.54) is 0 Å². The van der Waals surface area contributed by atoms with Crippen molar-refractivity contribution in [3.63, 3.8) is 0 Å². The third-order valence-corrected chi connectivity index (χ3v) is 7.08. The smallest absolute Gasteiger partial charge is 0.388 e. The zero-order valence-electron chi connectivity index (χ0n) is 20.8. The normalized spacial score (nSPS) is 28.8. The Morgan fingerprint density at radius 2 is 2.05 bits per heavy atom. The van der Waals surface area contributed by atoms with E-state index >= 15 is 0 Å². The minimum atomic E-state index is -4.70. The van der Waals surface area contributed by atoms with E-state index in [-0.39, 0.29) is 24.7 Å². The minimum absolute atomic E-state index is 0.163. The van der Waals surface area contributed by atoms with Crippen LogP contribution in [0, 0.1) is 0 Å². The van der Waals surface area contributed by atoms with E-state index in [2.05, 4.69) is 44.3 Å². The van der Waals surface area contributed by atoms with Gasteiger partial charge < -0.3 is 35.2 Å². The number of nitrogens with one attached hydrogen (secondary N) is 2. The van der Waals surface area contributed by atoms with Crippen molar-refractivity contribution in [1.29, 1.82) is 0 Å². The molecule has 0 spiro atoms. The van der Waals surface area contributed by atoms with E-state index in [9.17, 15) is 28.2 Å². The number of aliphatic hydroxyl groups excluding tert-OH is 2. The lowest BCUT2D eigenvalue weighted by Crippen LogP contribution is -2.66. The van der Waals surface area contributed by atoms with Crippen LogP contribution in [0.2, 0.25) is 0 Å². The first-order chi connectivity index (χ1) is 18.0. The maximum atomic E-state index is 13.0. The molecule has 5 heterocycles. The van der Waals surface area contributed by atoms with Gasteiger partial charge in [0.1, 0.15) is 35.4 Å². The number of alkyl halides is 3. The van der Waals surface area contributed by atoms with Crippen LogP contribution >= 0.6 is 0 Å². The molecule has 5 atom stereocenters. The van der Waals surface area contributed by atoms with Crippen molar-refractivity contribution in [2.45, 2.75) is 69.0 Å². The van der Waals surface area contributed by atoms with Crippen molar-refractivity contribution in [2.75, 3.05) is 29.9 Å². The summed E-state index contributed by atoms with van der Waals surface area (Å²) in [5.41, 5.74) is -0.608. The summed E-state index contributed by atoms with van der Waals surface area (Å²) in [4.78, 5) is 26.7. The number of anilines is 2. The number of pyridine rings is 1. The Kier molecular flexibility index (Phi) is 6.92. The van der Waals surface area contributed by atoms with Crippen molar-refractivity contribution in [2.24, 2.45) is 0 Å². The molecule has 0 radical (unpaired) electrons. The molecule has 14 heteroatoms. The number of aryl methyl sites for hydroxylation is 1. The molecule has 2 saturated heterocycles. The number of aliphatic hydroxyl groups is 2. The zero-order valence-corrected chi connectivity index (χ0v) is 20.8. The van der Waals surface area contributed by atoms with Crippen LogP contribution in [0.1, 0.15) is 42.1 Å². The fourth-order valence-electron chi connectivity index (χ4n) is 5.08. The number of ether oxygens (including phenoxy) is 2. The molecule has 2 aromatic rings. The molecule has 38 heavy (non-hydrogen) atoms. The van der Waals surface area contributed by atoms with E-state index in [4.69, 9.17) is 9.47 Å². The number of carbonyl (C=O) groups excluding carboxylic acids is 1. The Balaban J connectivity index is 1.25. The first kappa shape index (κ1) is 26.5. The number of rotatable bonds is 6. The van der Waals surface area contributed by atoms with Gasteiger partial charge in [0, 0.05) is 12.6 Å². The van der Waals surface area contributed by atoms with Crippen LogP contribution in [-0.4, -0.2) is 87.0 Å². The number of hydrogen-bond acceptors (Lipinski definition) is 10. The Morgan fingerprint density at radius 1 is 1.26 bits per heavy atom. The summed E-state index contributed by atoms with van der Waals surface area (Å²) in [5, 5.41) is 27.0. The lowest BCUT2D eigenvalue weighted by molar-refractivity contribution is -0.212. The lowest BCUT2D eigenvalue weighted by atomic mass is 9.87. The zero-order chi connectivity index (χ0) is 27.2. The van der Waals surface area contributed by atoms with Crippen molar-refractivity contribution in [1.82, 2.24) is 20.3 Å². The molecule has 0 aromatic carbocycles. The molecule has 0 aliphatic carbocycles. The maximum Gasteiger partial charge on any atom is 0.434 e. The van der Waals surface area contributed by atoms with Gasteiger partial charge in [0.15, 0.2) is 12.0 Å². The van der Waals surface area contributed by atoms with Gasteiger partial charge in [0.05, 0.1) is 36.9 Å². The van der Waals surface area contributed by atoms with Gasteiger partial charge in [-0.15, -0.1) is 0 Å². The van der Waals surface area contributed by atoms with Crippen LogP contribution in [0.5, 0.6) is 0 Å². The summed E-state index contributed by atoms with van der Waals surface area (Å²) in [7, 11) is 0. The van der Waals surface area contributed by atoms with Gasteiger partial charge in [-0.25, -0.2) is 9.97 Å². The average molecular weight is 539 g/mol. The topological polar surface area (TPSA) is 142 Å². The van der Waals surface area contributed by atoms with Gasteiger partial charge >= 0.3 is 6.18 Å². The van der Waals surface area contributed by atoms with Crippen molar-refractivity contribution in [3.05, 3.63) is 41.6 Å². The van der Waals surface area contributed by atoms with Crippen LogP contribution in [0.3, 0.4) is 0 Å². The van der Waals surface area contributed by atoms with Crippen LogP contribution in [0.25, 0.3) is 0 Å². The highest BCUT2D eigenvalue weighted by Gasteiger charge is 2.59. The Hall–Kier alpha value is -3.07. The molecule has 0 unspecified atom stereocenters. The van der Waals surface area contributed by atoms with Crippen LogP contribution in [0.4, 0.5) is 24.7 Å². The number of halogens is 3. The van der Waals surface area contributed by atoms with Gasteiger partial charge in [-0.05, 0) is 38.8 Å². The minimum Gasteiger partial charge on any atom is -0.388 e. The first-order valence-electron chi connectivity index (χ1n) is 12.3. The second kappa shape index (κ2) is 9.91. The summed E-state index contributed by atoms with van der Waals surface area (Å²) in [5.74, 6) is -0.748. The van der Waals surface area contributed by atoms with Crippen molar-refractivity contribution >= 4 is 17.4 Å². The SMILES string of the molecule is CC(C)N1CCCc2nc(C(=O)NC[C@@]34CO[C@@H](O3)[C@H](Nc3cncc(C(F)(F)F)n3)[C@@H](O)[C@H]4O)ccc21. The fraction of sp³-hybridized carbons (Fsp3) is 0.583. The third kappa shape index (κ3) is 4.88. The number of amides is 1. The molecule has 1 amide bonds. The molecule has 4 N–H and O–H groups in total. The molecule has 0 saturated carbocycles. The van der Waals surface area contributed by atoms with E-state index in [1.807, 2.05) is 6.07 Å². The highest BCUT2D eigenvalue weighted by Crippen LogP contribution is 2.38. The molecule has 5 rings (SSSR count). The van der Waals surface area contributed by atoms with Gasteiger partial charge in [-0.3, -0.25) is 9.78 Å². The van der Waals surface area contributed by atoms with E-state index in [0.717, 1.165) is 37.0 Å². The van der Waals surface area contributed by atoms with Crippen LogP contribution in [0.15, 0.2) is 24.5 Å². The molecule has 2 fully saturated rings. The average Bonchev–Trinajstić information content (AvgIpc) is 3.30. The second-order valence-corrected chi connectivity index (χ2v) is 9.99. The first-order valence-corrected chi connectivity index (χ1v) is 12.3. The van der Waals surface area contributed by atoms with Gasteiger partial charge in [0.25, 0.3) is 5.91 Å². The number of carbonyl (C=O) groups is 1. The molecule has 3 aliphatic heterocycles. The largest absolute Gasteiger partial charge is 0.434 e. The second-order valence-electron chi connectivity index (χ2n) is 9.99. The predicted molar refractivity (Wildman–Crippen MR) is 127 cm³/mol. The summed E-state index contributed by atoms with van der Waals surface area (Å²) in [6, 6.07) is 2.69. The van der Waals surface area contributed by atoms with Gasteiger partial charge in [0.2, 0.25) is 0 Å².